The lowest BCUT2D eigenvalue weighted by Crippen LogP contribution is -1.96. The first-order valence-corrected chi connectivity index (χ1v) is 12.6. The molecule has 0 atom stereocenters. The van der Waals surface area contributed by atoms with Crippen molar-refractivity contribution in [1.29, 1.82) is 0 Å². The smallest absolute Gasteiger partial charge is 0.178 e. The molecule has 0 aliphatic heterocycles. The fourth-order valence-corrected chi connectivity index (χ4v) is 5.33. The van der Waals surface area contributed by atoms with Crippen molar-refractivity contribution in [3.05, 3.63) is 121 Å². The molecule has 0 saturated carbocycles. The van der Waals surface area contributed by atoms with E-state index in [2.05, 4.69) is 54.6 Å². The molecule has 0 saturated heterocycles. The number of hydrogen-bond donors (Lipinski definition) is 0. The normalized spacial score (nSPS) is 11.7. The Morgan fingerprint density at radius 1 is 0.447 bits per heavy atom. The molecular weight excluding hydrogens is 468 g/mol. The monoisotopic (exact) mass is 488 g/mol. The lowest BCUT2D eigenvalue weighted by atomic mass is 10.0. The highest BCUT2D eigenvalue weighted by molar-refractivity contribution is 6.21. The van der Waals surface area contributed by atoms with Crippen LogP contribution < -0.4 is 0 Å². The Hall–Kier alpha value is -5.22. The van der Waals surface area contributed by atoms with E-state index in [1.54, 1.807) is 0 Å². The largest absolute Gasteiger partial charge is 0.452 e. The Kier molecular flexibility index (Phi) is 4.49. The van der Waals surface area contributed by atoms with Gasteiger partial charge < -0.3 is 8.83 Å². The van der Waals surface area contributed by atoms with Gasteiger partial charge in [-0.15, -0.1) is 0 Å². The zero-order valence-electron chi connectivity index (χ0n) is 20.3. The molecule has 0 bridgehead atoms. The molecule has 0 spiro atoms. The predicted molar refractivity (Wildman–Crippen MR) is 153 cm³/mol. The molecule has 5 aromatic carbocycles. The minimum atomic E-state index is 0.656. The quantitative estimate of drug-likeness (QED) is 0.249. The van der Waals surface area contributed by atoms with Crippen LogP contribution in [0.2, 0.25) is 0 Å². The Labute approximate surface area is 217 Å². The number of nitrogens with zero attached hydrogens (tertiary/aromatic N) is 2. The van der Waals surface area contributed by atoms with Gasteiger partial charge in [-0.2, -0.15) is 0 Å². The van der Waals surface area contributed by atoms with Crippen molar-refractivity contribution < 1.29 is 8.83 Å². The highest BCUT2D eigenvalue weighted by Crippen LogP contribution is 2.41. The minimum Gasteiger partial charge on any atom is -0.452 e. The fourth-order valence-electron chi connectivity index (χ4n) is 5.33. The van der Waals surface area contributed by atoms with Gasteiger partial charge in [0.1, 0.15) is 11.2 Å². The van der Waals surface area contributed by atoms with Gasteiger partial charge in [0.25, 0.3) is 0 Å². The lowest BCUT2D eigenvalue weighted by molar-refractivity contribution is 0.633. The summed E-state index contributed by atoms with van der Waals surface area (Å²) in [5.74, 6) is 0.656. The summed E-state index contributed by atoms with van der Waals surface area (Å²) in [6.07, 6.45) is 0. The molecule has 0 aliphatic carbocycles. The van der Waals surface area contributed by atoms with Crippen molar-refractivity contribution >= 4 is 43.9 Å². The van der Waals surface area contributed by atoms with E-state index in [1.807, 2.05) is 66.7 Å². The summed E-state index contributed by atoms with van der Waals surface area (Å²) in [4.78, 5) is 10.1. The van der Waals surface area contributed by atoms with Crippen LogP contribution in [0.1, 0.15) is 0 Å². The summed E-state index contributed by atoms with van der Waals surface area (Å²) in [5.41, 5.74) is 7.88. The van der Waals surface area contributed by atoms with Crippen LogP contribution in [0.15, 0.2) is 130 Å². The van der Waals surface area contributed by atoms with E-state index in [1.165, 1.54) is 0 Å². The maximum absolute atomic E-state index is 6.44. The summed E-state index contributed by atoms with van der Waals surface area (Å²) in [5, 5.41) is 4.09. The minimum absolute atomic E-state index is 0.656. The topological polar surface area (TPSA) is 52.1 Å². The van der Waals surface area contributed by atoms with E-state index in [4.69, 9.17) is 18.8 Å². The van der Waals surface area contributed by atoms with Gasteiger partial charge in [-0.1, -0.05) is 91.0 Å². The molecule has 4 heteroatoms. The number of hydrogen-bond acceptors (Lipinski definition) is 4. The van der Waals surface area contributed by atoms with Crippen LogP contribution in [0, 0.1) is 0 Å². The van der Waals surface area contributed by atoms with E-state index in [-0.39, 0.29) is 0 Å². The molecule has 4 nitrogen and oxygen atoms in total. The Morgan fingerprint density at radius 2 is 1.03 bits per heavy atom. The van der Waals surface area contributed by atoms with Crippen LogP contribution in [0.25, 0.3) is 77.8 Å². The molecule has 8 rings (SSSR count). The van der Waals surface area contributed by atoms with Gasteiger partial charge in [-0.25, -0.2) is 9.97 Å². The van der Waals surface area contributed by atoms with Crippen molar-refractivity contribution in [1.82, 2.24) is 9.97 Å². The predicted octanol–water partition coefficient (Wildman–Crippen LogP) is 9.28. The Bertz CT molecular complexity index is 2070. The average molecular weight is 489 g/mol. The molecule has 3 aromatic heterocycles. The van der Waals surface area contributed by atoms with Crippen molar-refractivity contribution in [3.8, 4) is 33.9 Å². The summed E-state index contributed by atoms with van der Waals surface area (Å²) in [7, 11) is 0. The molecular formula is C34H20N2O2. The molecule has 8 aromatic rings. The third-order valence-electron chi connectivity index (χ3n) is 7.12. The number of para-hydroxylation sites is 1. The second-order valence-electron chi connectivity index (χ2n) is 9.39. The average Bonchev–Trinajstić information content (AvgIpc) is 3.56. The van der Waals surface area contributed by atoms with Crippen molar-refractivity contribution in [2.45, 2.75) is 0 Å². The summed E-state index contributed by atoms with van der Waals surface area (Å²) in [6, 6.07) is 40.9. The number of fused-ring (bicyclic) bond motifs is 7. The first kappa shape index (κ1) is 20.9. The SMILES string of the molecule is c1ccc(-c2cc(-c3ccccc3)nc(-c3cccc4oc5c(ccc6c7ccccc7oc65)c34)n2)cc1. The van der Waals surface area contributed by atoms with E-state index in [0.717, 1.165) is 72.0 Å². The van der Waals surface area contributed by atoms with Gasteiger partial charge in [0.15, 0.2) is 17.0 Å². The second kappa shape index (κ2) is 8.15. The van der Waals surface area contributed by atoms with Crippen LogP contribution >= 0.6 is 0 Å². The first-order chi connectivity index (χ1) is 18.8. The van der Waals surface area contributed by atoms with Crippen molar-refractivity contribution in [2.75, 3.05) is 0 Å². The standard InChI is InChI=1S/C34H20N2O2/c1-3-10-21(11-4-1)27-20-28(22-12-5-2-6-13-22)36-34(35-27)26-15-9-17-30-31(26)25-19-18-24-23-14-7-8-16-29(23)37-32(24)33(25)38-30/h1-20H. The maximum atomic E-state index is 6.44. The van der Waals surface area contributed by atoms with E-state index in [9.17, 15) is 0 Å². The van der Waals surface area contributed by atoms with Gasteiger partial charge in [0, 0.05) is 38.2 Å². The number of rotatable bonds is 3. The molecule has 0 aliphatic rings. The van der Waals surface area contributed by atoms with Crippen LogP contribution in [-0.2, 0) is 0 Å². The number of aromatic nitrogens is 2. The van der Waals surface area contributed by atoms with E-state index in [0.29, 0.717) is 5.82 Å². The van der Waals surface area contributed by atoms with Crippen LogP contribution in [0.3, 0.4) is 0 Å². The Balaban J connectivity index is 1.42. The van der Waals surface area contributed by atoms with Gasteiger partial charge in [-0.3, -0.25) is 0 Å². The van der Waals surface area contributed by atoms with Crippen molar-refractivity contribution in [2.24, 2.45) is 0 Å². The van der Waals surface area contributed by atoms with Crippen LogP contribution in [0.4, 0.5) is 0 Å². The van der Waals surface area contributed by atoms with Gasteiger partial charge in [0.05, 0.1) is 11.4 Å². The van der Waals surface area contributed by atoms with Gasteiger partial charge >= 0.3 is 0 Å². The first-order valence-electron chi connectivity index (χ1n) is 12.6. The zero-order chi connectivity index (χ0) is 25.1. The molecule has 0 radical (unpaired) electrons. The van der Waals surface area contributed by atoms with Gasteiger partial charge in [0.2, 0.25) is 0 Å². The molecule has 38 heavy (non-hydrogen) atoms. The Morgan fingerprint density at radius 3 is 1.76 bits per heavy atom. The maximum Gasteiger partial charge on any atom is 0.178 e. The fraction of sp³-hybridized carbons (Fsp3) is 0. The second-order valence-corrected chi connectivity index (χ2v) is 9.39. The highest BCUT2D eigenvalue weighted by atomic mass is 16.4. The zero-order valence-corrected chi connectivity index (χ0v) is 20.3. The number of benzene rings is 5. The molecule has 0 amide bonds. The number of furan rings is 2. The van der Waals surface area contributed by atoms with Crippen LogP contribution in [0.5, 0.6) is 0 Å². The molecule has 0 fully saturated rings. The third-order valence-corrected chi connectivity index (χ3v) is 7.12. The third kappa shape index (κ3) is 3.17. The molecule has 0 N–H and O–H groups in total. The molecule has 178 valence electrons. The van der Waals surface area contributed by atoms with Crippen molar-refractivity contribution in [3.63, 3.8) is 0 Å². The van der Waals surface area contributed by atoms with E-state index >= 15 is 0 Å². The van der Waals surface area contributed by atoms with Gasteiger partial charge in [-0.05, 0) is 30.3 Å². The summed E-state index contributed by atoms with van der Waals surface area (Å²) < 4.78 is 12.7. The highest BCUT2D eigenvalue weighted by Gasteiger charge is 2.20. The lowest BCUT2D eigenvalue weighted by Gasteiger charge is -2.10. The summed E-state index contributed by atoms with van der Waals surface area (Å²) in [6.45, 7) is 0. The summed E-state index contributed by atoms with van der Waals surface area (Å²) >= 11 is 0. The molecule has 0 unspecified atom stereocenters. The molecule has 3 heterocycles. The van der Waals surface area contributed by atoms with Crippen LogP contribution in [-0.4, -0.2) is 9.97 Å². The van der Waals surface area contributed by atoms with E-state index < -0.39 is 0 Å².